The van der Waals surface area contributed by atoms with E-state index in [-0.39, 0.29) is 22.6 Å². The van der Waals surface area contributed by atoms with Gasteiger partial charge in [-0.15, -0.1) is 0 Å². The van der Waals surface area contributed by atoms with Gasteiger partial charge in [0.1, 0.15) is 11.5 Å². The van der Waals surface area contributed by atoms with Gasteiger partial charge in [0.05, 0.1) is 30.2 Å². The number of methoxy groups -OCH3 is 1. The number of Topliss-reactive ketones (excluding diaryl/α,β-unsaturated/α-hetero) is 1. The first-order chi connectivity index (χ1) is 17.6. The summed E-state index contributed by atoms with van der Waals surface area (Å²) in [5, 5.41) is 20.6. The Bertz CT molecular complexity index is 1400. The molecule has 1 saturated heterocycles. The van der Waals surface area contributed by atoms with E-state index in [4.69, 9.17) is 21.4 Å². The van der Waals surface area contributed by atoms with E-state index < -0.39 is 29.5 Å². The lowest BCUT2D eigenvalue weighted by atomic mass is 9.94. The summed E-state index contributed by atoms with van der Waals surface area (Å²) in [6.45, 7) is 0. The number of carbonyl (C=O) groups is 3. The monoisotopic (exact) mass is 520 g/mol. The van der Waals surface area contributed by atoms with Crippen molar-refractivity contribution in [2.45, 2.75) is 12.5 Å². The highest BCUT2D eigenvalue weighted by Gasteiger charge is 2.47. The van der Waals surface area contributed by atoms with Crippen LogP contribution in [-0.2, 0) is 20.8 Å². The zero-order valence-corrected chi connectivity index (χ0v) is 21.2. The second kappa shape index (κ2) is 10.4. The molecule has 1 fully saturated rings. The third kappa shape index (κ3) is 5.01. The summed E-state index contributed by atoms with van der Waals surface area (Å²) in [4.78, 5) is 41.0. The molecule has 0 radical (unpaired) electrons. The Balaban J connectivity index is 1.91. The van der Waals surface area contributed by atoms with E-state index >= 15 is 0 Å². The Labute approximate surface area is 219 Å². The van der Waals surface area contributed by atoms with Gasteiger partial charge in [-0.05, 0) is 53.6 Å². The Morgan fingerprint density at radius 2 is 1.65 bits per heavy atom. The normalized spacial score (nSPS) is 16.6. The highest BCUT2D eigenvalue weighted by atomic mass is 35.5. The number of aliphatic carboxylic acids is 1. The van der Waals surface area contributed by atoms with Gasteiger partial charge < -0.3 is 19.8 Å². The number of rotatable bonds is 7. The van der Waals surface area contributed by atoms with E-state index in [1.54, 1.807) is 42.5 Å². The first-order valence-electron chi connectivity index (χ1n) is 11.3. The number of carbonyl (C=O) groups excluding carboxylic acids is 2. The van der Waals surface area contributed by atoms with E-state index in [2.05, 4.69) is 0 Å². The standard InChI is InChI=1S/C28H25ClN2O6/c1-30(2)18-10-6-17(7-11-18)25-24(26(34)21-15-20(37-3)12-13-22(21)29)27(35)28(36)31(25)19-8-4-16(5-9-19)14-23(32)33/h4-13,15,25,34H,14H2,1-3H3,(H,32,33)/b26-24+. The van der Waals surface area contributed by atoms with Gasteiger partial charge in [0.25, 0.3) is 11.7 Å². The molecule has 0 saturated carbocycles. The molecule has 8 nitrogen and oxygen atoms in total. The van der Waals surface area contributed by atoms with Crippen molar-refractivity contribution in [1.82, 2.24) is 0 Å². The molecule has 190 valence electrons. The van der Waals surface area contributed by atoms with E-state index in [1.807, 2.05) is 31.1 Å². The Kier molecular flexibility index (Phi) is 7.22. The van der Waals surface area contributed by atoms with Gasteiger partial charge in [0.2, 0.25) is 0 Å². The first-order valence-corrected chi connectivity index (χ1v) is 11.7. The summed E-state index contributed by atoms with van der Waals surface area (Å²) < 4.78 is 5.25. The average Bonchev–Trinajstić information content (AvgIpc) is 3.14. The highest BCUT2D eigenvalue weighted by Crippen LogP contribution is 2.43. The second-order valence-corrected chi connectivity index (χ2v) is 9.14. The number of carboxylic acids is 1. The number of ether oxygens (including phenoxy) is 1. The number of benzene rings is 3. The fourth-order valence-corrected chi connectivity index (χ4v) is 4.48. The van der Waals surface area contributed by atoms with Crippen LogP contribution in [0.4, 0.5) is 11.4 Å². The molecule has 3 aromatic carbocycles. The van der Waals surface area contributed by atoms with Crippen LogP contribution in [0.2, 0.25) is 5.02 Å². The number of hydrogen-bond donors (Lipinski definition) is 2. The molecule has 3 aromatic rings. The van der Waals surface area contributed by atoms with Crippen LogP contribution in [0.1, 0.15) is 22.7 Å². The molecule has 0 bridgehead atoms. The van der Waals surface area contributed by atoms with Crippen LogP contribution in [0.5, 0.6) is 5.75 Å². The van der Waals surface area contributed by atoms with Crippen LogP contribution >= 0.6 is 11.6 Å². The van der Waals surface area contributed by atoms with E-state index in [0.29, 0.717) is 22.6 Å². The lowest BCUT2D eigenvalue weighted by Crippen LogP contribution is -2.29. The van der Waals surface area contributed by atoms with Crippen molar-refractivity contribution >= 4 is 46.4 Å². The molecular weight excluding hydrogens is 496 g/mol. The van der Waals surface area contributed by atoms with Gasteiger partial charge in [-0.25, -0.2) is 0 Å². The Morgan fingerprint density at radius 3 is 2.22 bits per heavy atom. The minimum Gasteiger partial charge on any atom is -0.507 e. The fraction of sp³-hybridized carbons (Fsp3) is 0.179. The van der Waals surface area contributed by atoms with Crippen molar-refractivity contribution in [2.24, 2.45) is 0 Å². The summed E-state index contributed by atoms with van der Waals surface area (Å²) in [7, 11) is 5.25. The average molecular weight is 521 g/mol. The van der Waals surface area contributed by atoms with Crippen LogP contribution in [0.15, 0.2) is 72.3 Å². The van der Waals surface area contributed by atoms with Gasteiger partial charge in [-0.1, -0.05) is 35.9 Å². The highest BCUT2D eigenvalue weighted by molar-refractivity contribution is 6.52. The molecule has 0 spiro atoms. The SMILES string of the molecule is COc1ccc(Cl)c(/C(O)=C2\C(=O)C(=O)N(c3ccc(CC(=O)O)cc3)C2c2ccc(N(C)C)cc2)c1. The molecule has 1 heterocycles. The number of halogens is 1. The molecular formula is C28H25ClN2O6. The minimum atomic E-state index is -0.982. The van der Waals surface area contributed by atoms with Gasteiger partial charge >= 0.3 is 5.97 Å². The molecule has 1 unspecified atom stereocenters. The molecule has 37 heavy (non-hydrogen) atoms. The molecule has 0 aromatic heterocycles. The Morgan fingerprint density at radius 1 is 1.00 bits per heavy atom. The number of aliphatic hydroxyl groups is 1. The lowest BCUT2D eigenvalue weighted by molar-refractivity contribution is -0.136. The number of amides is 1. The predicted octanol–water partition coefficient (Wildman–Crippen LogP) is 4.67. The minimum absolute atomic E-state index is 0.118. The smallest absolute Gasteiger partial charge is 0.307 e. The topological polar surface area (TPSA) is 107 Å². The van der Waals surface area contributed by atoms with Crippen LogP contribution in [0, 0.1) is 0 Å². The zero-order chi connectivity index (χ0) is 26.9. The largest absolute Gasteiger partial charge is 0.507 e. The van der Waals surface area contributed by atoms with Crippen LogP contribution in [0.3, 0.4) is 0 Å². The van der Waals surface area contributed by atoms with Crippen molar-refractivity contribution in [2.75, 3.05) is 31.0 Å². The number of carboxylic acid groups (broad SMARTS) is 1. The Hall–Kier alpha value is -4.30. The molecule has 4 rings (SSSR count). The second-order valence-electron chi connectivity index (χ2n) is 8.74. The molecule has 9 heteroatoms. The van der Waals surface area contributed by atoms with Gasteiger partial charge in [-0.2, -0.15) is 0 Å². The summed E-state index contributed by atoms with van der Waals surface area (Å²) in [5.41, 5.74) is 2.48. The van der Waals surface area contributed by atoms with Crippen molar-refractivity contribution < 1.29 is 29.3 Å². The molecule has 1 aliphatic heterocycles. The van der Waals surface area contributed by atoms with Crippen molar-refractivity contribution in [3.8, 4) is 5.75 Å². The molecule has 1 aliphatic rings. The van der Waals surface area contributed by atoms with Gasteiger partial charge in [0.15, 0.2) is 0 Å². The van der Waals surface area contributed by atoms with Gasteiger partial charge in [-0.3, -0.25) is 19.3 Å². The van der Waals surface area contributed by atoms with Crippen LogP contribution in [0.25, 0.3) is 5.76 Å². The van der Waals surface area contributed by atoms with E-state index in [1.165, 1.54) is 24.1 Å². The van der Waals surface area contributed by atoms with Gasteiger partial charge in [0, 0.05) is 31.0 Å². The molecule has 0 aliphatic carbocycles. The van der Waals surface area contributed by atoms with Crippen molar-refractivity contribution in [3.05, 3.63) is 94.0 Å². The number of nitrogens with zero attached hydrogens (tertiary/aromatic N) is 2. The maximum absolute atomic E-state index is 13.4. The van der Waals surface area contributed by atoms with E-state index in [0.717, 1.165) is 5.69 Å². The molecule has 2 N–H and O–H groups in total. The first kappa shape index (κ1) is 25.8. The summed E-state index contributed by atoms with van der Waals surface area (Å²) >= 11 is 6.36. The lowest BCUT2D eigenvalue weighted by Gasteiger charge is -2.26. The van der Waals surface area contributed by atoms with Crippen LogP contribution in [-0.4, -0.2) is 49.1 Å². The maximum atomic E-state index is 13.4. The quantitative estimate of drug-likeness (QED) is 0.265. The fourth-order valence-electron chi connectivity index (χ4n) is 4.28. The molecule has 1 atom stereocenters. The summed E-state index contributed by atoms with van der Waals surface area (Å²) in [6.07, 6.45) is -0.178. The number of ketones is 1. The summed E-state index contributed by atoms with van der Waals surface area (Å²) in [6, 6.07) is 17.3. The van der Waals surface area contributed by atoms with E-state index in [9.17, 15) is 19.5 Å². The maximum Gasteiger partial charge on any atom is 0.307 e. The van der Waals surface area contributed by atoms with Crippen molar-refractivity contribution in [1.29, 1.82) is 0 Å². The number of hydrogen-bond acceptors (Lipinski definition) is 6. The number of aliphatic hydroxyl groups excluding tert-OH is 1. The summed E-state index contributed by atoms with van der Waals surface area (Å²) in [5.74, 6) is -2.68. The third-order valence-corrected chi connectivity index (χ3v) is 6.50. The zero-order valence-electron chi connectivity index (χ0n) is 20.4. The van der Waals surface area contributed by atoms with Crippen molar-refractivity contribution in [3.63, 3.8) is 0 Å². The third-order valence-electron chi connectivity index (χ3n) is 6.17. The predicted molar refractivity (Wildman–Crippen MR) is 141 cm³/mol. The number of anilines is 2. The van der Waals surface area contributed by atoms with Crippen LogP contribution < -0.4 is 14.5 Å². The molecule has 1 amide bonds.